The Morgan fingerprint density at radius 2 is 1.86 bits per heavy atom. The third-order valence-electron chi connectivity index (χ3n) is 6.27. The summed E-state index contributed by atoms with van der Waals surface area (Å²) in [6.45, 7) is 7.06. The Morgan fingerprint density at radius 3 is 2.33 bits per heavy atom. The molecule has 2 aliphatic rings. The Morgan fingerprint density at radius 1 is 1.24 bits per heavy atom. The molecule has 0 aliphatic heterocycles. The molecule has 2 saturated carbocycles. The second-order valence-corrected chi connectivity index (χ2v) is 7.26. The fourth-order valence-electron chi connectivity index (χ4n) is 4.30. The third-order valence-corrected chi connectivity index (χ3v) is 6.27. The summed E-state index contributed by atoms with van der Waals surface area (Å²) in [4.78, 5) is 12.4. The van der Waals surface area contributed by atoms with Gasteiger partial charge in [0.2, 0.25) is 0 Å². The molecule has 0 heterocycles. The minimum Gasteiger partial charge on any atom is -0.399 e. The normalized spacial score (nSPS) is 32.5. The highest BCUT2D eigenvalue weighted by Crippen LogP contribution is 2.65. The van der Waals surface area contributed by atoms with Crippen LogP contribution >= 0.6 is 12.4 Å². The van der Waals surface area contributed by atoms with Crippen LogP contribution in [0.5, 0.6) is 0 Å². The van der Waals surface area contributed by atoms with Gasteiger partial charge in [-0.1, -0.05) is 20.8 Å². The van der Waals surface area contributed by atoms with E-state index < -0.39 is 0 Å². The Kier molecular flexibility index (Phi) is 4.00. The summed E-state index contributed by atoms with van der Waals surface area (Å²) in [7, 11) is 0. The van der Waals surface area contributed by atoms with Gasteiger partial charge < -0.3 is 11.1 Å². The summed E-state index contributed by atoms with van der Waals surface area (Å²) in [6, 6.07) is 7.45. The number of nitrogens with one attached hydrogen (secondary N) is 1. The molecule has 1 aromatic carbocycles. The fraction of sp³-hybridized carbons (Fsp3) is 0.588. The number of nitrogen functional groups attached to an aromatic ring is 1. The van der Waals surface area contributed by atoms with Gasteiger partial charge in [0, 0.05) is 17.3 Å². The van der Waals surface area contributed by atoms with Crippen molar-refractivity contribution < 1.29 is 4.79 Å². The van der Waals surface area contributed by atoms with Gasteiger partial charge in [0.1, 0.15) is 0 Å². The van der Waals surface area contributed by atoms with Crippen LogP contribution in [0.3, 0.4) is 0 Å². The first-order chi connectivity index (χ1) is 9.34. The van der Waals surface area contributed by atoms with Gasteiger partial charge >= 0.3 is 0 Å². The largest absolute Gasteiger partial charge is 0.399 e. The van der Waals surface area contributed by atoms with Crippen molar-refractivity contribution in [2.75, 3.05) is 5.73 Å². The van der Waals surface area contributed by atoms with Crippen molar-refractivity contribution in [1.29, 1.82) is 0 Å². The van der Waals surface area contributed by atoms with Gasteiger partial charge in [-0.3, -0.25) is 4.79 Å². The van der Waals surface area contributed by atoms with Crippen LogP contribution in [0.1, 0.15) is 50.4 Å². The molecule has 1 amide bonds. The van der Waals surface area contributed by atoms with Gasteiger partial charge in [-0.25, -0.2) is 0 Å². The maximum Gasteiger partial charge on any atom is 0.251 e. The molecule has 0 aromatic heterocycles. The number of benzene rings is 1. The van der Waals surface area contributed by atoms with Gasteiger partial charge in [-0.05, 0) is 60.3 Å². The SMILES string of the molecule is CC1(C)C2CCC1(C)C(NC(=O)c1ccc(N)cc1)C2.Cl. The Bertz CT molecular complexity index is 540. The molecule has 0 spiro atoms. The minimum absolute atomic E-state index is 0. The monoisotopic (exact) mass is 308 g/mol. The average molecular weight is 309 g/mol. The Labute approximate surface area is 133 Å². The van der Waals surface area contributed by atoms with Crippen molar-refractivity contribution >= 4 is 24.0 Å². The number of carbonyl (C=O) groups excluding carboxylic acids is 1. The number of carbonyl (C=O) groups is 1. The van der Waals surface area contributed by atoms with E-state index in [0.29, 0.717) is 22.7 Å². The first-order valence-corrected chi connectivity index (χ1v) is 7.51. The van der Waals surface area contributed by atoms with Crippen molar-refractivity contribution in [3.05, 3.63) is 29.8 Å². The van der Waals surface area contributed by atoms with Gasteiger partial charge in [0.05, 0.1) is 0 Å². The number of hydrogen-bond acceptors (Lipinski definition) is 2. The third kappa shape index (κ3) is 2.32. The van der Waals surface area contributed by atoms with E-state index in [-0.39, 0.29) is 23.7 Å². The predicted molar refractivity (Wildman–Crippen MR) is 88.6 cm³/mol. The number of rotatable bonds is 2. The molecule has 3 rings (SSSR count). The predicted octanol–water partition coefficient (Wildman–Crippen LogP) is 3.64. The minimum atomic E-state index is 0. The van der Waals surface area contributed by atoms with Crippen LogP contribution in [-0.2, 0) is 0 Å². The molecule has 2 fully saturated rings. The van der Waals surface area contributed by atoms with Gasteiger partial charge in [-0.2, -0.15) is 0 Å². The first-order valence-electron chi connectivity index (χ1n) is 7.51. The lowest BCUT2D eigenvalue weighted by atomic mass is 9.69. The lowest BCUT2D eigenvalue weighted by Crippen LogP contribution is -2.46. The molecule has 116 valence electrons. The standard InChI is InChI=1S/C17H24N2O.ClH/c1-16(2)12-8-9-17(16,3)14(10-12)19-15(20)11-4-6-13(18)7-5-11;/h4-7,12,14H,8-10,18H2,1-3H3,(H,19,20);1H. The molecule has 3 unspecified atom stereocenters. The zero-order valence-corrected chi connectivity index (χ0v) is 13.8. The van der Waals surface area contributed by atoms with E-state index in [1.165, 1.54) is 12.8 Å². The maximum absolute atomic E-state index is 12.4. The van der Waals surface area contributed by atoms with E-state index in [2.05, 4.69) is 26.1 Å². The van der Waals surface area contributed by atoms with E-state index in [1.54, 1.807) is 24.3 Å². The second kappa shape index (κ2) is 5.20. The summed E-state index contributed by atoms with van der Waals surface area (Å²) < 4.78 is 0. The van der Waals surface area contributed by atoms with E-state index >= 15 is 0 Å². The van der Waals surface area contributed by atoms with Crippen LogP contribution in [-0.4, -0.2) is 11.9 Å². The van der Waals surface area contributed by atoms with E-state index in [1.807, 2.05) is 0 Å². The molecule has 2 aliphatic carbocycles. The number of anilines is 1. The van der Waals surface area contributed by atoms with Crippen LogP contribution < -0.4 is 11.1 Å². The molecule has 3 atom stereocenters. The summed E-state index contributed by atoms with van der Waals surface area (Å²) in [6.07, 6.45) is 3.64. The highest BCUT2D eigenvalue weighted by molar-refractivity contribution is 5.94. The molecule has 1 aromatic rings. The number of fused-ring (bicyclic) bond motifs is 2. The molecule has 0 radical (unpaired) electrons. The fourth-order valence-corrected chi connectivity index (χ4v) is 4.30. The number of hydrogen-bond donors (Lipinski definition) is 2. The first kappa shape index (κ1) is 16.2. The van der Waals surface area contributed by atoms with Crippen LogP contribution in [0.2, 0.25) is 0 Å². The van der Waals surface area contributed by atoms with Gasteiger partial charge in [-0.15, -0.1) is 12.4 Å². The molecular formula is C17H25ClN2O. The smallest absolute Gasteiger partial charge is 0.251 e. The van der Waals surface area contributed by atoms with E-state index in [9.17, 15) is 4.79 Å². The van der Waals surface area contributed by atoms with E-state index in [0.717, 1.165) is 12.3 Å². The molecular weight excluding hydrogens is 284 g/mol. The molecule has 21 heavy (non-hydrogen) atoms. The van der Waals surface area contributed by atoms with Crippen LogP contribution in [0.4, 0.5) is 5.69 Å². The molecule has 0 saturated heterocycles. The summed E-state index contributed by atoms with van der Waals surface area (Å²) in [5.41, 5.74) is 7.60. The van der Waals surface area contributed by atoms with Crippen LogP contribution in [0.25, 0.3) is 0 Å². The van der Waals surface area contributed by atoms with Crippen molar-refractivity contribution in [2.24, 2.45) is 16.7 Å². The van der Waals surface area contributed by atoms with Crippen molar-refractivity contribution in [2.45, 2.75) is 46.1 Å². The number of halogens is 1. The maximum atomic E-state index is 12.4. The van der Waals surface area contributed by atoms with Gasteiger partial charge in [0.25, 0.3) is 5.91 Å². The summed E-state index contributed by atoms with van der Waals surface area (Å²) in [5.74, 6) is 0.767. The summed E-state index contributed by atoms with van der Waals surface area (Å²) >= 11 is 0. The van der Waals surface area contributed by atoms with Crippen LogP contribution in [0, 0.1) is 16.7 Å². The lowest BCUT2D eigenvalue weighted by molar-refractivity contribution is 0.0826. The average Bonchev–Trinajstić information content (AvgIpc) is 2.72. The lowest BCUT2D eigenvalue weighted by Gasteiger charge is -2.39. The molecule has 3 nitrogen and oxygen atoms in total. The molecule has 4 heteroatoms. The quantitative estimate of drug-likeness (QED) is 0.820. The topological polar surface area (TPSA) is 55.1 Å². The van der Waals surface area contributed by atoms with Gasteiger partial charge in [0.15, 0.2) is 0 Å². The van der Waals surface area contributed by atoms with Crippen LogP contribution in [0.15, 0.2) is 24.3 Å². The zero-order chi connectivity index (χ0) is 14.5. The Balaban J connectivity index is 0.00000161. The van der Waals surface area contributed by atoms with Crippen molar-refractivity contribution in [3.8, 4) is 0 Å². The number of nitrogens with two attached hydrogens (primary N) is 1. The molecule has 2 bridgehead atoms. The van der Waals surface area contributed by atoms with Crippen molar-refractivity contribution in [1.82, 2.24) is 5.32 Å². The summed E-state index contributed by atoms with van der Waals surface area (Å²) in [5, 5.41) is 3.26. The second-order valence-electron chi connectivity index (χ2n) is 7.26. The highest BCUT2D eigenvalue weighted by Gasteiger charge is 2.61. The molecule has 3 N–H and O–H groups in total. The zero-order valence-electron chi connectivity index (χ0n) is 13.0. The number of amides is 1. The van der Waals surface area contributed by atoms with Crippen molar-refractivity contribution in [3.63, 3.8) is 0 Å². The Hall–Kier alpha value is -1.22. The van der Waals surface area contributed by atoms with E-state index in [4.69, 9.17) is 5.73 Å². The highest BCUT2D eigenvalue weighted by atomic mass is 35.5.